The first-order chi connectivity index (χ1) is 14.4. The van der Waals surface area contributed by atoms with Crippen LogP contribution in [0.4, 0.5) is 0 Å². The van der Waals surface area contributed by atoms with Gasteiger partial charge in [-0.15, -0.1) is 0 Å². The third kappa shape index (κ3) is 4.09. The predicted octanol–water partition coefficient (Wildman–Crippen LogP) is 5.21. The van der Waals surface area contributed by atoms with E-state index in [-0.39, 0.29) is 11.4 Å². The summed E-state index contributed by atoms with van der Waals surface area (Å²) in [5.41, 5.74) is 2.67. The van der Waals surface area contributed by atoms with Gasteiger partial charge < -0.3 is 4.57 Å². The van der Waals surface area contributed by atoms with Crippen molar-refractivity contribution < 1.29 is 8.42 Å². The SMILES string of the molecule is CN(Cc1nc2ccccc2n1Cc1ccc(Cl)c(Cl)c1)S(=O)(=O)c1ccccc1. The number of aromatic nitrogens is 2. The summed E-state index contributed by atoms with van der Waals surface area (Å²) in [6, 6.07) is 21.6. The summed E-state index contributed by atoms with van der Waals surface area (Å²) in [6.45, 7) is 0.624. The van der Waals surface area contributed by atoms with Gasteiger partial charge in [0.15, 0.2) is 0 Å². The monoisotopic (exact) mass is 459 g/mol. The number of sulfonamides is 1. The molecule has 30 heavy (non-hydrogen) atoms. The molecule has 0 aliphatic rings. The molecule has 0 N–H and O–H groups in total. The van der Waals surface area contributed by atoms with E-state index in [1.54, 1.807) is 43.4 Å². The van der Waals surface area contributed by atoms with Crippen molar-refractivity contribution in [2.45, 2.75) is 18.0 Å². The van der Waals surface area contributed by atoms with Crippen LogP contribution in [0.5, 0.6) is 0 Å². The van der Waals surface area contributed by atoms with Crippen LogP contribution in [0.1, 0.15) is 11.4 Å². The summed E-state index contributed by atoms with van der Waals surface area (Å²) in [4.78, 5) is 4.94. The van der Waals surface area contributed by atoms with Gasteiger partial charge in [0, 0.05) is 13.6 Å². The summed E-state index contributed by atoms with van der Waals surface area (Å²) < 4.78 is 29.2. The van der Waals surface area contributed by atoms with E-state index < -0.39 is 10.0 Å². The molecule has 5 nitrogen and oxygen atoms in total. The van der Waals surface area contributed by atoms with E-state index in [0.29, 0.717) is 22.4 Å². The molecule has 1 heterocycles. The van der Waals surface area contributed by atoms with Gasteiger partial charge in [-0.05, 0) is 42.0 Å². The first kappa shape index (κ1) is 20.9. The Labute approximate surface area is 185 Å². The smallest absolute Gasteiger partial charge is 0.243 e. The maximum absolute atomic E-state index is 13.0. The second kappa shape index (κ2) is 8.40. The molecule has 4 rings (SSSR count). The minimum Gasteiger partial charge on any atom is -0.322 e. The zero-order valence-electron chi connectivity index (χ0n) is 16.2. The lowest BCUT2D eigenvalue weighted by Crippen LogP contribution is -2.28. The highest BCUT2D eigenvalue weighted by molar-refractivity contribution is 7.89. The molecule has 0 spiro atoms. The van der Waals surface area contributed by atoms with E-state index >= 15 is 0 Å². The molecule has 8 heteroatoms. The lowest BCUT2D eigenvalue weighted by molar-refractivity contribution is 0.450. The Hall–Kier alpha value is -2.38. The van der Waals surface area contributed by atoms with Crippen molar-refractivity contribution in [2.24, 2.45) is 0 Å². The fourth-order valence-corrected chi connectivity index (χ4v) is 4.77. The molecular formula is C22H19Cl2N3O2S. The van der Waals surface area contributed by atoms with E-state index in [4.69, 9.17) is 28.2 Å². The third-order valence-corrected chi connectivity index (χ3v) is 7.43. The van der Waals surface area contributed by atoms with Gasteiger partial charge in [-0.25, -0.2) is 13.4 Å². The van der Waals surface area contributed by atoms with E-state index in [0.717, 1.165) is 16.6 Å². The molecule has 4 aromatic rings. The molecule has 0 saturated heterocycles. The summed E-state index contributed by atoms with van der Waals surface area (Å²) in [6.07, 6.45) is 0. The average molecular weight is 460 g/mol. The number of imidazole rings is 1. The molecule has 1 aromatic heterocycles. The van der Waals surface area contributed by atoms with Crippen LogP contribution in [0.2, 0.25) is 10.0 Å². The minimum absolute atomic E-state index is 0.132. The molecule has 0 bridgehead atoms. The van der Waals surface area contributed by atoms with Crippen molar-refractivity contribution in [3.8, 4) is 0 Å². The van der Waals surface area contributed by atoms with Crippen molar-refractivity contribution in [1.82, 2.24) is 13.9 Å². The second-order valence-electron chi connectivity index (χ2n) is 6.93. The fourth-order valence-electron chi connectivity index (χ4n) is 3.30. The third-order valence-electron chi connectivity index (χ3n) is 4.87. The molecule has 154 valence electrons. The van der Waals surface area contributed by atoms with Gasteiger partial charge in [0.1, 0.15) is 5.82 Å². The van der Waals surface area contributed by atoms with Gasteiger partial charge in [-0.3, -0.25) is 0 Å². The molecule has 0 radical (unpaired) electrons. The van der Waals surface area contributed by atoms with Gasteiger partial charge >= 0.3 is 0 Å². The Kier molecular flexibility index (Phi) is 5.84. The van der Waals surface area contributed by atoms with Gasteiger partial charge in [-0.1, -0.05) is 59.6 Å². The molecule has 0 unspecified atom stereocenters. The van der Waals surface area contributed by atoms with Gasteiger partial charge in [0.05, 0.1) is 32.5 Å². The minimum atomic E-state index is -3.64. The number of hydrogen-bond donors (Lipinski definition) is 0. The van der Waals surface area contributed by atoms with E-state index in [2.05, 4.69) is 0 Å². The largest absolute Gasteiger partial charge is 0.322 e. The number of para-hydroxylation sites is 2. The second-order valence-corrected chi connectivity index (χ2v) is 9.78. The normalized spacial score (nSPS) is 12.0. The topological polar surface area (TPSA) is 55.2 Å². The lowest BCUT2D eigenvalue weighted by Gasteiger charge is -2.18. The Morgan fingerprint density at radius 1 is 0.933 bits per heavy atom. The van der Waals surface area contributed by atoms with Crippen LogP contribution in [0.25, 0.3) is 11.0 Å². The zero-order valence-corrected chi connectivity index (χ0v) is 18.5. The summed E-state index contributed by atoms with van der Waals surface area (Å²) in [5, 5.41) is 0.966. The number of rotatable bonds is 6. The number of halogens is 2. The Bertz CT molecular complexity index is 1300. The van der Waals surface area contributed by atoms with Crippen LogP contribution in [-0.4, -0.2) is 29.3 Å². The number of nitrogens with zero attached hydrogens (tertiary/aromatic N) is 3. The first-order valence-electron chi connectivity index (χ1n) is 9.26. The van der Waals surface area contributed by atoms with Crippen molar-refractivity contribution in [2.75, 3.05) is 7.05 Å². The highest BCUT2D eigenvalue weighted by atomic mass is 35.5. The highest BCUT2D eigenvalue weighted by Crippen LogP contribution is 2.25. The summed E-state index contributed by atoms with van der Waals surface area (Å²) in [5.74, 6) is 0.643. The van der Waals surface area contributed by atoms with Gasteiger partial charge in [0.25, 0.3) is 0 Å². The maximum Gasteiger partial charge on any atom is 0.243 e. The molecule has 3 aromatic carbocycles. The molecule has 0 fully saturated rings. The molecule has 0 atom stereocenters. The molecule has 0 aliphatic heterocycles. The van der Waals surface area contributed by atoms with Crippen LogP contribution in [-0.2, 0) is 23.1 Å². The number of hydrogen-bond acceptors (Lipinski definition) is 3. The molecule has 0 aliphatic carbocycles. The quantitative estimate of drug-likeness (QED) is 0.397. The lowest BCUT2D eigenvalue weighted by atomic mass is 10.2. The van der Waals surface area contributed by atoms with Crippen LogP contribution in [0.15, 0.2) is 77.7 Å². The van der Waals surface area contributed by atoms with Crippen molar-refractivity contribution in [3.05, 3.63) is 94.2 Å². The maximum atomic E-state index is 13.0. The van der Waals surface area contributed by atoms with Crippen LogP contribution in [0, 0.1) is 0 Å². The summed E-state index contributed by atoms with van der Waals surface area (Å²) >= 11 is 12.2. The van der Waals surface area contributed by atoms with Gasteiger partial charge in [-0.2, -0.15) is 4.31 Å². The molecule has 0 saturated carbocycles. The number of benzene rings is 3. The highest BCUT2D eigenvalue weighted by Gasteiger charge is 2.23. The van der Waals surface area contributed by atoms with Crippen LogP contribution >= 0.6 is 23.2 Å². The van der Waals surface area contributed by atoms with E-state index in [9.17, 15) is 8.42 Å². The Balaban J connectivity index is 1.72. The van der Waals surface area contributed by atoms with Crippen LogP contribution < -0.4 is 0 Å². The fraction of sp³-hybridized carbons (Fsp3) is 0.136. The van der Waals surface area contributed by atoms with Crippen molar-refractivity contribution in [1.29, 1.82) is 0 Å². The zero-order chi connectivity index (χ0) is 21.3. The van der Waals surface area contributed by atoms with E-state index in [1.165, 1.54) is 4.31 Å². The van der Waals surface area contributed by atoms with E-state index in [1.807, 2.05) is 41.0 Å². The molecule has 0 amide bonds. The van der Waals surface area contributed by atoms with Gasteiger partial charge in [0.2, 0.25) is 10.0 Å². The Morgan fingerprint density at radius 3 is 2.37 bits per heavy atom. The standard InChI is InChI=1S/C22H19Cl2N3O2S/c1-26(30(28,29)17-7-3-2-4-8-17)15-22-25-20-9-5-6-10-21(20)27(22)14-16-11-12-18(23)19(24)13-16/h2-13H,14-15H2,1H3. The van der Waals surface area contributed by atoms with Crippen LogP contribution in [0.3, 0.4) is 0 Å². The predicted molar refractivity (Wildman–Crippen MR) is 120 cm³/mol. The Morgan fingerprint density at radius 2 is 1.63 bits per heavy atom. The first-order valence-corrected chi connectivity index (χ1v) is 11.5. The average Bonchev–Trinajstić information content (AvgIpc) is 3.08. The summed E-state index contributed by atoms with van der Waals surface area (Å²) in [7, 11) is -2.07. The molecular weight excluding hydrogens is 441 g/mol. The van der Waals surface area contributed by atoms with Crippen molar-refractivity contribution >= 4 is 44.3 Å². The van der Waals surface area contributed by atoms with Crippen molar-refractivity contribution in [3.63, 3.8) is 0 Å². The number of fused-ring (bicyclic) bond motifs is 1.